The van der Waals surface area contributed by atoms with Crippen molar-refractivity contribution in [3.63, 3.8) is 0 Å². The molecular weight excluding hydrogens is 332 g/mol. The van der Waals surface area contributed by atoms with E-state index in [9.17, 15) is 9.90 Å². The molecule has 2 atom stereocenters. The number of rotatable bonds is 3. The standard InChI is InChI=1S/C20H22N2O4/c1-21-15-5-2-13(3-6-15)20(24)22-9-8-16(17(23)11-22)14-4-7-18-19(10-14)26-12-25-18/h2-7,10,16-17,21,23H,8-9,11-12H2,1H3/t16-,17+/m0/s1. The topological polar surface area (TPSA) is 71.0 Å². The number of β-amino-alcohol motifs (C(OH)–C–C–N with tert-alkyl or cyclic N) is 1. The quantitative estimate of drug-likeness (QED) is 0.886. The van der Waals surface area contributed by atoms with Crippen LogP contribution in [-0.2, 0) is 0 Å². The van der Waals surface area contributed by atoms with Crippen LogP contribution in [0.3, 0.4) is 0 Å². The molecule has 0 spiro atoms. The molecule has 136 valence electrons. The number of aliphatic hydroxyl groups excluding tert-OH is 1. The first-order chi connectivity index (χ1) is 12.7. The molecule has 6 heteroatoms. The fraction of sp³-hybridized carbons (Fsp3) is 0.350. The summed E-state index contributed by atoms with van der Waals surface area (Å²) in [5, 5.41) is 13.7. The maximum absolute atomic E-state index is 12.7. The van der Waals surface area contributed by atoms with E-state index < -0.39 is 6.10 Å². The maximum Gasteiger partial charge on any atom is 0.253 e. The molecule has 26 heavy (non-hydrogen) atoms. The van der Waals surface area contributed by atoms with Crippen LogP contribution in [0.15, 0.2) is 42.5 Å². The Bertz CT molecular complexity index is 806. The van der Waals surface area contributed by atoms with Crippen molar-refractivity contribution in [1.82, 2.24) is 4.90 Å². The monoisotopic (exact) mass is 354 g/mol. The lowest BCUT2D eigenvalue weighted by molar-refractivity contribution is 0.0381. The van der Waals surface area contributed by atoms with E-state index in [0.29, 0.717) is 25.1 Å². The molecule has 0 bridgehead atoms. The van der Waals surface area contributed by atoms with Crippen molar-refractivity contribution in [2.24, 2.45) is 0 Å². The first-order valence-corrected chi connectivity index (χ1v) is 8.80. The number of aliphatic hydroxyl groups is 1. The number of carbonyl (C=O) groups excluding carboxylic acids is 1. The van der Waals surface area contributed by atoms with E-state index in [1.807, 2.05) is 49.5 Å². The number of carbonyl (C=O) groups is 1. The van der Waals surface area contributed by atoms with Crippen LogP contribution in [0.4, 0.5) is 5.69 Å². The van der Waals surface area contributed by atoms with Gasteiger partial charge < -0.3 is 24.8 Å². The lowest BCUT2D eigenvalue weighted by Gasteiger charge is -2.36. The van der Waals surface area contributed by atoms with E-state index in [2.05, 4.69) is 5.32 Å². The zero-order valence-corrected chi connectivity index (χ0v) is 14.6. The first-order valence-electron chi connectivity index (χ1n) is 8.80. The number of nitrogens with zero attached hydrogens (tertiary/aromatic N) is 1. The second kappa shape index (κ2) is 6.88. The second-order valence-corrected chi connectivity index (χ2v) is 6.65. The minimum absolute atomic E-state index is 0.0137. The Hall–Kier alpha value is -2.73. The summed E-state index contributed by atoms with van der Waals surface area (Å²) in [6.07, 6.45) is 0.103. The number of hydrogen-bond acceptors (Lipinski definition) is 5. The summed E-state index contributed by atoms with van der Waals surface area (Å²) in [5.41, 5.74) is 2.62. The molecule has 2 N–H and O–H groups in total. The third-order valence-electron chi connectivity index (χ3n) is 5.11. The van der Waals surface area contributed by atoms with Crippen molar-refractivity contribution in [3.8, 4) is 11.5 Å². The van der Waals surface area contributed by atoms with Gasteiger partial charge in [0.05, 0.1) is 6.10 Å². The summed E-state index contributed by atoms with van der Waals surface area (Å²) in [6, 6.07) is 13.2. The highest BCUT2D eigenvalue weighted by Gasteiger charge is 2.32. The number of fused-ring (bicyclic) bond motifs is 1. The van der Waals surface area contributed by atoms with Crippen LogP contribution in [0.1, 0.15) is 28.3 Å². The van der Waals surface area contributed by atoms with Crippen LogP contribution < -0.4 is 14.8 Å². The highest BCUT2D eigenvalue weighted by Crippen LogP contribution is 2.37. The molecule has 2 aliphatic rings. The minimum atomic E-state index is -0.607. The van der Waals surface area contributed by atoms with Crippen LogP contribution in [0.25, 0.3) is 0 Å². The lowest BCUT2D eigenvalue weighted by Crippen LogP contribution is -2.45. The van der Waals surface area contributed by atoms with Gasteiger partial charge in [0, 0.05) is 37.3 Å². The summed E-state index contributed by atoms with van der Waals surface area (Å²) in [4.78, 5) is 14.4. The van der Waals surface area contributed by atoms with Gasteiger partial charge in [-0.1, -0.05) is 6.07 Å². The van der Waals surface area contributed by atoms with Crippen molar-refractivity contribution >= 4 is 11.6 Å². The van der Waals surface area contributed by atoms with Gasteiger partial charge in [-0.15, -0.1) is 0 Å². The summed E-state index contributed by atoms with van der Waals surface area (Å²) in [5.74, 6) is 1.40. The van der Waals surface area contributed by atoms with Gasteiger partial charge in [-0.2, -0.15) is 0 Å². The largest absolute Gasteiger partial charge is 0.454 e. The maximum atomic E-state index is 12.7. The predicted molar refractivity (Wildman–Crippen MR) is 97.8 cm³/mol. The van der Waals surface area contributed by atoms with Gasteiger partial charge in [0.25, 0.3) is 5.91 Å². The Morgan fingerprint density at radius 1 is 1.15 bits per heavy atom. The Morgan fingerprint density at radius 3 is 2.65 bits per heavy atom. The molecule has 2 aromatic carbocycles. The second-order valence-electron chi connectivity index (χ2n) is 6.65. The number of benzene rings is 2. The molecule has 0 unspecified atom stereocenters. The molecule has 1 amide bonds. The smallest absolute Gasteiger partial charge is 0.253 e. The Labute approximate surface area is 152 Å². The fourth-order valence-electron chi connectivity index (χ4n) is 3.61. The number of anilines is 1. The van der Waals surface area contributed by atoms with Crippen LogP contribution in [0.2, 0.25) is 0 Å². The van der Waals surface area contributed by atoms with E-state index in [4.69, 9.17) is 9.47 Å². The van der Waals surface area contributed by atoms with Crippen LogP contribution in [-0.4, -0.2) is 48.9 Å². The molecule has 1 fully saturated rings. The number of amides is 1. The van der Waals surface area contributed by atoms with Crippen molar-refractivity contribution in [2.45, 2.75) is 18.4 Å². The predicted octanol–water partition coefficient (Wildman–Crippen LogP) is 2.45. The fourth-order valence-corrected chi connectivity index (χ4v) is 3.61. The van der Waals surface area contributed by atoms with Gasteiger partial charge in [-0.3, -0.25) is 4.79 Å². The summed E-state index contributed by atoms with van der Waals surface area (Å²) >= 11 is 0. The molecule has 1 saturated heterocycles. The molecule has 0 radical (unpaired) electrons. The van der Waals surface area contributed by atoms with Gasteiger partial charge in [0.1, 0.15) is 0 Å². The van der Waals surface area contributed by atoms with Crippen molar-refractivity contribution in [3.05, 3.63) is 53.6 Å². The zero-order valence-electron chi connectivity index (χ0n) is 14.6. The average molecular weight is 354 g/mol. The van der Waals surface area contributed by atoms with Gasteiger partial charge in [-0.25, -0.2) is 0 Å². The van der Waals surface area contributed by atoms with Gasteiger partial charge in [-0.05, 0) is 48.4 Å². The highest BCUT2D eigenvalue weighted by atomic mass is 16.7. The van der Waals surface area contributed by atoms with E-state index in [0.717, 1.165) is 22.7 Å². The Kier molecular flexibility index (Phi) is 4.42. The molecular formula is C20H22N2O4. The molecule has 0 saturated carbocycles. The van der Waals surface area contributed by atoms with E-state index >= 15 is 0 Å². The molecule has 0 aromatic heterocycles. The highest BCUT2D eigenvalue weighted by molar-refractivity contribution is 5.94. The van der Waals surface area contributed by atoms with Crippen molar-refractivity contribution in [1.29, 1.82) is 0 Å². The third-order valence-corrected chi connectivity index (χ3v) is 5.11. The number of hydrogen-bond donors (Lipinski definition) is 2. The SMILES string of the molecule is CNc1ccc(C(=O)N2CC[C@@H](c3ccc4c(c3)OCO4)[C@H](O)C2)cc1. The molecule has 2 aromatic rings. The first kappa shape index (κ1) is 16.7. The van der Waals surface area contributed by atoms with Crippen molar-refractivity contribution < 1.29 is 19.4 Å². The summed E-state index contributed by atoms with van der Waals surface area (Å²) < 4.78 is 10.8. The molecule has 2 heterocycles. The van der Waals surface area contributed by atoms with Crippen LogP contribution in [0, 0.1) is 0 Å². The number of nitrogens with one attached hydrogen (secondary N) is 1. The summed E-state index contributed by atoms with van der Waals surface area (Å²) in [6.45, 7) is 1.18. The molecule has 4 rings (SSSR count). The molecule has 0 aliphatic carbocycles. The van der Waals surface area contributed by atoms with Gasteiger partial charge in [0.2, 0.25) is 6.79 Å². The van der Waals surface area contributed by atoms with E-state index in [-0.39, 0.29) is 18.6 Å². The van der Waals surface area contributed by atoms with E-state index in [1.165, 1.54) is 0 Å². The van der Waals surface area contributed by atoms with Crippen LogP contribution >= 0.6 is 0 Å². The zero-order chi connectivity index (χ0) is 18.1. The number of ether oxygens (including phenoxy) is 2. The van der Waals surface area contributed by atoms with E-state index in [1.54, 1.807) is 4.90 Å². The normalized spacial score (nSPS) is 21.5. The summed E-state index contributed by atoms with van der Waals surface area (Å²) in [7, 11) is 1.84. The molecule has 6 nitrogen and oxygen atoms in total. The Balaban J connectivity index is 1.45. The number of likely N-dealkylation sites (tertiary alicyclic amines) is 1. The minimum Gasteiger partial charge on any atom is -0.454 e. The number of piperidine rings is 1. The Morgan fingerprint density at radius 2 is 1.92 bits per heavy atom. The third kappa shape index (κ3) is 3.08. The van der Waals surface area contributed by atoms with Crippen LogP contribution in [0.5, 0.6) is 11.5 Å². The van der Waals surface area contributed by atoms with Crippen molar-refractivity contribution in [2.75, 3.05) is 32.2 Å². The van der Waals surface area contributed by atoms with Gasteiger partial charge in [0.15, 0.2) is 11.5 Å². The lowest BCUT2D eigenvalue weighted by atomic mass is 9.86. The average Bonchev–Trinajstić information content (AvgIpc) is 3.15. The molecule has 2 aliphatic heterocycles. The van der Waals surface area contributed by atoms with Gasteiger partial charge >= 0.3 is 0 Å².